The van der Waals surface area contributed by atoms with Crippen LogP contribution < -0.4 is 10.6 Å². The number of nitrogens with one attached hydrogen (secondary N) is 2. The standard InChI is InChI=1S/C15H18N2O4/c1-4-21-12-11(10-7-5-9(2)6-8-10)14(20-3)17-15(19)16-13(12)18/h5-8,14H,4H2,1-3H3,(H2,16,17,18,19). The van der Waals surface area contributed by atoms with E-state index in [1.54, 1.807) is 6.92 Å². The first-order chi connectivity index (χ1) is 10.1. The zero-order valence-electron chi connectivity index (χ0n) is 12.2. The maximum atomic E-state index is 12.1. The van der Waals surface area contributed by atoms with Crippen LogP contribution in [0.3, 0.4) is 0 Å². The van der Waals surface area contributed by atoms with Crippen LogP contribution in [0, 0.1) is 6.92 Å². The van der Waals surface area contributed by atoms with Crippen LogP contribution in [0.5, 0.6) is 0 Å². The summed E-state index contributed by atoms with van der Waals surface area (Å²) in [5, 5.41) is 4.78. The number of methoxy groups -OCH3 is 1. The molecule has 1 aliphatic rings. The van der Waals surface area contributed by atoms with Gasteiger partial charge in [-0.05, 0) is 19.4 Å². The zero-order chi connectivity index (χ0) is 15.4. The Balaban J connectivity index is 2.58. The van der Waals surface area contributed by atoms with Gasteiger partial charge in [0.2, 0.25) is 0 Å². The summed E-state index contributed by atoms with van der Waals surface area (Å²) < 4.78 is 10.7. The number of amides is 3. The van der Waals surface area contributed by atoms with Crippen LogP contribution in [0.2, 0.25) is 0 Å². The topological polar surface area (TPSA) is 76.7 Å². The fourth-order valence-corrected chi connectivity index (χ4v) is 2.11. The van der Waals surface area contributed by atoms with E-state index < -0.39 is 18.2 Å². The van der Waals surface area contributed by atoms with Crippen molar-refractivity contribution in [1.82, 2.24) is 10.6 Å². The number of aryl methyl sites for hydroxylation is 1. The Morgan fingerprint density at radius 2 is 1.86 bits per heavy atom. The highest BCUT2D eigenvalue weighted by Crippen LogP contribution is 2.26. The van der Waals surface area contributed by atoms with Crippen LogP contribution in [0.25, 0.3) is 5.57 Å². The summed E-state index contributed by atoms with van der Waals surface area (Å²) in [4.78, 5) is 23.8. The predicted octanol–water partition coefficient (Wildman–Crippen LogP) is 1.55. The fourth-order valence-electron chi connectivity index (χ4n) is 2.11. The van der Waals surface area contributed by atoms with E-state index in [1.807, 2.05) is 31.2 Å². The second-order valence-electron chi connectivity index (χ2n) is 4.59. The molecule has 6 heteroatoms. The molecule has 0 saturated heterocycles. The number of urea groups is 1. The minimum atomic E-state index is -0.763. The second kappa shape index (κ2) is 6.41. The Morgan fingerprint density at radius 1 is 1.19 bits per heavy atom. The number of rotatable bonds is 4. The van der Waals surface area contributed by atoms with Crippen LogP contribution in [-0.4, -0.2) is 31.9 Å². The third kappa shape index (κ3) is 3.22. The molecule has 0 aliphatic carbocycles. The second-order valence-corrected chi connectivity index (χ2v) is 4.59. The minimum absolute atomic E-state index is 0.0894. The molecule has 1 unspecified atom stereocenters. The molecule has 0 aromatic heterocycles. The monoisotopic (exact) mass is 290 g/mol. The van der Waals surface area contributed by atoms with Gasteiger partial charge >= 0.3 is 6.03 Å². The molecule has 112 valence electrons. The number of carbonyl (C=O) groups excluding carboxylic acids is 2. The van der Waals surface area contributed by atoms with E-state index >= 15 is 0 Å². The lowest BCUT2D eigenvalue weighted by Crippen LogP contribution is -2.42. The number of ether oxygens (including phenoxy) is 2. The number of imide groups is 1. The Bertz CT molecular complexity index is 578. The normalized spacial score (nSPS) is 18.9. The Morgan fingerprint density at radius 3 is 2.43 bits per heavy atom. The van der Waals surface area contributed by atoms with Gasteiger partial charge in [-0.2, -0.15) is 0 Å². The molecule has 0 spiro atoms. The lowest BCUT2D eigenvalue weighted by molar-refractivity contribution is -0.119. The summed E-state index contributed by atoms with van der Waals surface area (Å²) in [6, 6.07) is 6.94. The molecule has 1 aromatic carbocycles. The molecular formula is C15H18N2O4. The largest absolute Gasteiger partial charge is 0.488 e. The van der Waals surface area contributed by atoms with E-state index in [0.29, 0.717) is 12.2 Å². The van der Waals surface area contributed by atoms with Crippen LogP contribution in [-0.2, 0) is 14.3 Å². The van der Waals surface area contributed by atoms with Gasteiger partial charge in [-0.25, -0.2) is 4.79 Å². The summed E-state index contributed by atoms with van der Waals surface area (Å²) in [5.41, 5.74) is 2.35. The minimum Gasteiger partial charge on any atom is -0.488 e. The van der Waals surface area contributed by atoms with Crippen LogP contribution >= 0.6 is 0 Å². The molecule has 0 fully saturated rings. The van der Waals surface area contributed by atoms with Gasteiger partial charge in [-0.15, -0.1) is 0 Å². The third-order valence-corrected chi connectivity index (χ3v) is 3.09. The van der Waals surface area contributed by atoms with Gasteiger partial charge in [0.05, 0.1) is 12.2 Å². The summed E-state index contributed by atoms with van der Waals surface area (Å²) in [6.07, 6.45) is -0.763. The van der Waals surface area contributed by atoms with Crippen molar-refractivity contribution in [2.24, 2.45) is 0 Å². The van der Waals surface area contributed by atoms with Crippen molar-refractivity contribution in [1.29, 1.82) is 0 Å². The van der Waals surface area contributed by atoms with Gasteiger partial charge in [0.1, 0.15) is 0 Å². The highest BCUT2D eigenvalue weighted by atomic mass is 16.5. The van der Waals surface area contributed by atoms with Crippen LogP contribution in [0.1, 0.15) is 18.1 Å². The van der Waals surface area contributed by atoms with Crippen molar-refractivity contribution < 1.29 is 19.1 Å². The van der Waals surface area contributed by atoms with Crippen molar-refractivity contribution in [3.05, 3.63) is 41.2 Å². The molecule has 2 rings (SSSR count). The first kappa shape index (κ1) is 15.1. The van der Waals surface area contributed by atoms with Crippen molar-refractivity contribution >= 4 is 17.5 Å². The van der Waals surface area contributed by atoms with Gasteiger partial charge in [0.15, 0.2) is 12.0 Å². The maximum Gasteiger partial charge on any atom is 0.324 e. The summed E-state index contributed by atoms with van der Waals surface area (Å²) in [6.45, 7) is 4.05. The molecule has 2 N–H and O–H groups in total. The van der Waals surface area contributed by atoms with Crippen LogP contribution in [0.4, 0.5) is 4.79 Å². The first-order valence-corrected chi connectivity index (χ1v) is 6.65. The lowest BCUT2D eigenvalue weighted by atomic mass is 10.0. The molecule has 0 bridgehead atoms. The molecule has 1 heterocycles. The van der Waals surface area contributed by atoms with Gasteiger partial charge in [0.25, 0.3) is 5.91 Å². The zero-order valence-corrected chi connectivity index (χ0v) is 12.2. The van der Waals surface area contributed by atoms with Gasteiger partial charge in [-0.1, -0.05) is 29.8 Å². The van der Waals surface area contributed by atoms with Gasteiger partial charge in [0, 0.05) is 7.11 Å². The van der Waals surface area contributed by atoms with E-state index in [-0.39, 0.29) is 5.76 Å². The predicted molar refractivity (Wildman–Crippen MR) is 77.2 cm³/mol. The number of carbonyl (C=O) groups is 2. The van der Waals surface area contributed by atoms with E-state index in [1.165, 1.54) is 7.11 Å². The number of hydrogen-bond donors (Lipinski definition) is 2. The summed E-state index contributed by atoms with van der Waals surface area (Å²) in [5.74, 6) is -0.490. The van der Waals surface area contributed by atoms with E-state index in [4.69, 9.17) is 9.47 Å². The Hall–Kier alpha value is -2.34. The molecule has 21 heavy (non-hydrogen) atoms. The fraction of sp³-hybridized carbons (Fsp3) is 0.333. The molecular weight excluding hydrogens is 272 g/mol. The van der Waals surface area contributed by atoms with Crippen molar-refractivity contribution in [3.63, 3.8) is 0 Å². The third-order valence-electron chi connectivity index (χ3n) is 3.09. The van der Waals surface area contributed by atoms with E-state index in [0.717, 1.165) is 11.1 Å². The highest BCUT2D eigenvalue weighted by molar-refractivity contribution is 6.09. The smallest absolute Gasteiger partial charge is 0.324 e. The number of hydrogen-bond acceptors (Lipinski definition) is 4. The average molecular weight is 290 g/mol. The van der Waals surface area contributed by atoms with Crippen molar-refractivity contribution in [3.8, 4) is 0 Å². The maximum absolute atomic E-state index is 12.1. The molecule has 1 atom stereocenters. The first-order valence-electron chi connectivity index (χ1n) is 6.65. The Labute approximate surface area is 123 Å². The summed E-state index contributed by atoms with van der Waals surface area (Å²) >= 11 is 0. The van der Waals surface area contributed by atoms with Crippen molar-refractivity contribution in [2.75, 3.05) is 13.7 Å². The van der Waals surface area contributed by atoms with E-state index in [9.17, 15) is 9.59 Å². The van der Waals surface area contributed by atoms with Gasteiger partial charge < -0.3 is 14.8 Å². The van der Waals surface area contributed by atoms with Crippen molar-refractivity contribution in [2.45, 2.75) is 20.1 Å². The Kier molecular flexibility index (Phi) is 4.59. The molecule has 0 saturated carbocycles. The quantitative estimate of drug-likeness (QED) is 0.882. The SMILES string of the molecule is CCOC1=C(c2ccc(C)cc2)C(OC)NC(=O)NC1=O. The molecule has 0 radical (unpaired) electrons. The van der Waals surface area contributed by atoms with Gasteiger partial charge in [-0.3, -0.25) is 10.1 Å². The summed E-state index contributed by atoms with van der Waals surface area (Å²) in [7, 11) is 1.46. The number of benzene rings is 1. The lowest BCUT2D eigenvalue weighted by Gasteiger charge is -2.19. The highest BCUT2D eigenvalue weighted by Gasteiger charge is 2.31. The van der Waals surface area contributed by atoms with Crippen LogP contribution in [0.15, 0.2) is 30.0 Å². The average Bonchev–Trinajstić information content (AvgIpc) is 2.57. The molecule has 1 aliphatic heterocycles. The molecule has 1 aromatic rings. The molecule has 3 amide bonds. The molecule has 6 nitrogen and oxygen atoms in total. The van der Waals surface area contributed by atoms with E-state index in [2.05, 4.69) is 10.6 Å².